The van der Waals surface area contributed by atoms with E-state index < -0.39 is 71.8 Å². The number of carboxylic acids is 1. The van der Waals surface area contributed by atoms with Crippen molar-refractivity contribution in [3.8, 4) is 17.5 Å². The van der Waals surface area contributed by atoms with Gasteiger partial charge in [-0.15, -0.1) is 5.10 Å². The molecule has 2 aromatic heterocycles. The minimum atomic E-state index is -4.35. The van der Waals surface area contributed by atoms with Crippen LogP contribution in [0.1, 0.15) is 57.4 Å². The van der Waals surface area contributed by atoms with Crippen LogP contribution in [0, 0.1) is 12.7 Å². The highest BCUT2D eigenvalue weighted by Crippen LogP contribution is 2.40. The normalized spacial score (nSPS) is 14.1. The van der Waals surface area contributed by atoms with E-state index >= 15 is 0 Å². The number of hydrogen-bond acceptors (Lipinski definition) is 16. The summed E-state index contributed by atoms with van der Waals surface area (Å²) in [4.78, 5) is 73.7. The molecule has 1 aliphatic heterocycles. The van der Waals surface area contributed by atoms with Gasteiger partial charge in [0.2, 0.25) is 11.8 Å². The Labute approximate surface area is 415 Å². The van der Waals surface area contributed by atoms with Gasteiger partial charge in [-0.2, -0.15) is 22.9 Å². The van der Waals surface area contributed by atoms with Crippen LogP contribution in [-0.4, -0.2) is 121 Å². The number of aliphatic carboxylic acids is 1. The monoisotopic (exact) mass is 1090 g/mol. The number of sulfonamides is 1. The van der Waals surface area contributed by atoms with Crippen molar-refractivity contribution < 1.29 is 70.4 Å². The first-order valence-corrected chi connectivity index (χ1v) is 27.3. The highest BCUT2D eigenvalue weighted by atomic mass is 35.5. The molecule has 0 saturated carbocycles. The molecule has 2 aromatic carbocycles. The predicted octanol–water partition coefficient (Wildman–Crippen LogP) is 5.55. The van der Waals surface area contributed by atoms with Gasteiger partial charge in [0, 0.05) is 17.2 Å². The number of nitrogens with one attached hydrogen (secondary N) is 2. The first-order valence-electron chi connectivity index (χ1n) is 20.5. The van der Waals surface area contributed by atoms with E-state index in [2.05, 4.69) is 38.6 Å². The van der Waals surface area contributed by atoms with Gasteiger partial charge in [0.1, 0.15) is 19.2 Å². The Morgan fingerprint density at radius 3 is 2.16 bits per heavy atom. The number of esters is 1. The van der Waals surface area contributed by atoms with Gasteiger partial charge in [-0.05, 0) is 67.6 Å². The topological polar surface area (TPSA) is 290 Å². The van der Waals surface area contributed by atoms with Crippen LogP contribution in [0.15, 0.2) is 46.6 Å². The predicted molar refractivity (Wildman–Crippen MR) is 257 cm³/mol. The molecule has 2 amide bonds. The van der Waals surface area contributed by atoms with E-state index in [1.54, 1.807) is 13.0 Å². The number of methoxy groups -OCH3 is 2. The molecule has 0 spiro atoms. The van der Waals surface area contributed by atoms with Gasteiger partial charge >= 0.3 is 11.9 Å². The van der Waals surface area contributed by atoms with Crippen molar-refractivity contribution in [3.63, 3.8) is 0 Å². The Morgan fingerprint density at radius 1 is 0.986 bits per heavy atom. The zero-order valence-electron chi connectivity index (χ0n) is 38.5. The Kier molecular flexibility index (Phi) is 22.9. The van der Waals surface area contributed by atoms with Crippen LogP contribution >= 0.6 is 42.4 Å². The molecule has 0 radical (unpaired) electrons. The first kappa shape index (κ1) is 58.5. The minimum absolute atomic E-state index is 0.000883. The average Bonchev–Trinajstić information content (AvgIpc) is 3.83. The number of hydrogen-bond donors (Lipinski definition) is 4. The van der Waals surface area contributed by atoms with Crippen LogP contribution in [0.5, 0.6) is 17.5 Å². The summed E-state index contributed by atoms with van der Waals surface area (Å²) < 4.78 is 73.9. The lowest BCUT2D eigenvalue weighted by Crippen LogP contribution is -2.32. The number of aromatic nitrogens is 4. The smallest absolute Gasteiger partial charge is 0.344 e. The number of nitrogens with zero attached hydrogens (tertiary/aromatic N) is 5. The lowest BCUT2D eigenvalue weighted by molar-refractivity contribution is -0.193. The van der Waals surface area contributed by atoms with Gasteiger partial charge in [0.15, 0.2) is 6.61 Å². The summed E-state index contributed by atoms with van der Waals surface area (Å²) in [5, 5.41) is 13.6. The third-order valence-electron chi connectivity index (χ3n) is 8.99. The van der Waals surface area contributed by atoms with E-state index in [-0.39, 0.29) is 49.7 Å². The summed E-state index contributed by atoms with van der Waals surface area (Å²) >= 11 is 18.2. The molecule has 21 nitrogen and oxygen atoms in total. The van der Waals surface area contributed by atoms with Crippen LogP contribution < -0.4 is 34.0 Å². The molecule has 0 fully saturated rings. The second kappa shape index (κ2) is 27.0. The van der Waals surface area contributed by atoms with Gasteiger partial charge in [0.25, 0.3) is 32.8 Å². The van der Waals surface area contributed by atoms with Crippen molar-refractivity contribution in [2.75, 3.05) is 68.7 Å². The first-order chi connectivity index (χ1) is 32.3. The van der Waals surface area contributed by atoms with Crippen molar-refractivity contribution in [1.29, 1.82) is 0 Å². The molecule has 3 heterocycles. The van der Waals surface area contributed by atoms with Gasteiger partial charge in [0.05, 0.1) is 84.9 Å². The van der Waals surface area contributed by atoms with Crippen LogP contribution in [0.4, 0.5) is 15.8 Å². The number of carboxylic acid groups (broad SMARTS) is 1. The molecule has 0 saturated heterocycles. The van der Waals surface area contributed by atoms with E-state index in [0.717, 1.165) is 47.6 Å². The van der Waals surface area contributed by atoms with Crippen LogP contribution in [0.25, 0.3) is 5.78 Å². The van der Waals surface area contributed by atoms with Gasteiger partial charge < -0.3 is 38.4 Å². The number of fused-ring (bicyclic) bond motifs is 1. The van der Waals surface area contributed by atoms with Crippen molar-refractivity contribution in [2.24, 2.45) is 0 Å². The summed E-state index contributed by atoms with van der Waals surface area (Å²) in [6, 6.07) is 6.80. The van der Waals surface area contributed by atoms with Crippen molar-refractivity contribution in [3.05, 3.63) is 67.9 Å². The van der Waals surface area contributed by atoms with E-state index in [4.69, 9.17) is 63.8 Å². The third-order valence-corrected chi connectivity index (χ3v) is 11.8. The van der Waals surface area contributed by atoms with E-state index in [1.807, 2.05) is 12.2 Å². The van der Waals surface area contributed by atoms with E-state index in [0.29, 0.717) is 47.1 Å². The lowest BCUT2D eigenvalue weighted by atomic mass is 9.93. The minimum Gasteiger partial charge on any atom is -0.778 e. The van der Waals surface area contributed by atoms with Crippen LogP contribution in [-0.2, 0) is 49.4 Å². The van der Waals surface area contributed by atoms with Crippen molar-refractivity contribution in [1.82, 2.24) is 24.9 Å². The zero-order chi connectivity index (χ0) is 51.8. The van der Waals surface area contributed by atoms with Crippen LogP contribution in [0.3, 0.4) is 0 Å². The number of carbonyl (C=O) groups is 4. The maximum absolute atomic E-state index is 14.5. The highest BCUT2D eigenvalue weighted by Gasteiger charge is 2.41. The Morgan fingerprint density at radius 2 is 1.61 bits per heavy atom. The molecule has 2 aliphatic rings. The number of benzene rings is 2. The molecule has 4 N–H and O–H groups in total. The van der Waals surface area contributed by atoms with Gasteiger partial charge in [-0.3, -0.25) is 24.4 Å². The Bertz CT molecular complexity index is 2660. The lowest BCUT2D eigenvalue weighted by Gasteiger charge is -2.18. The summed E-state index contributed by atoms with van der Waals surface area (Å²) in [5.41, 5.74) is 1.38. The number of unbranched alkanes of at least 4 members (excludes halogenated alkanes) is 2. The number of anilines is 2. The second-order valence-electron chi connectivity index (χ2n) is 15.0. The molecular weight excluding hydrogens is 1030 g/mol. The average molecular weight is 1090 g/mol. The molecule has 1 atom stereocenters. The fourth-order valence-electron chi connectivity index (χ4n) is 5.88. The number of carbonyl (C=O) groups excluding carboxylic acids is 3. The van der Waals surface area contributed by atoms with Crippen LogP contribution in [0.2, 0.25) is 15.1 Å². The fraction of sp³-hybridized carbons (Fsp3) is 0.439. The standard InChI is InChI=1S/C21H23ClFNO5.C14H13Cl2N5O4S.C3H8NO5P.C3H9S/c1-2-3-6-9-28-19(25)12-29-18-11-17(16(23)10-15(18)22)24-20(26)13-7-4-5-8-14(13)21(24)27;1-7-4-5-8(15)12(11(7)16)20-26(22,23)14-18-13-17-9(24-2)6-10(25-3)21(13)19-14;5-3(6)1-4-2-10(7,8)9;1-4(2)3/h10-11H,2-9,12H2,1H3;4-6,20H,1-3H3;4H,1-2H2,(H,5,6)(H2,7,8,9);1-3H3/q;;;+1/p-1. The molecule has 1 unspecified atom stereocenters. The fourth-order valence-corrected chi connectivity index (χ4v) is 8.02. The summed E-state index contributed by atoms with van der Waals surface area (Å²) in [6.45, 7) is 3.17. The van der Waals surface area contributed by atoms with Crippen molar-refractivity contribution >= 4 is 104 Å². The Hall–Kier alpha value is -4.78. The van der Waals surface area contributed by atoms with E-state index in [9.17, 15) is 41.4 Å². The largest absolute Gasteiger partial charge is 0.778 e. The molecule has 380 valence electrons. The summed E-state index contributed by atoms with van der Waals surface area (Å²) in [5.74, 6) is -3.19. The second-order valence-corrected chi connectivity index (χ2v) is 21.8. The maximum atomic E-state index is 14.5. The molecule has 6 rings (SSSR count). The van der Waals surface area contributed by atoms with Gasteiger partial charge in [-0.1, -0.05) is 60.6 Å². The number of rotatable bonds is 17. The summed E-state index contributed by atoms with van der Waals surface area (Å²) in [6.07, 6.45) is 11.3. The molecular formula is C41H52Cl3FN7O14PS2. The quantitative estimate of drug-likeness (QED) is 0.0331. The number of halogens is 4. The van der Waals surface area contributed by atoms with E-state index in [1.165, 1.54) is 32.4 Å². The highest BCUT2D eigenvalue weighted by molar-refractivity contribution is 7.94. The van der Waals surface area contributed by atoms with Gasteiger partial charge in [-0.25, -0.2) is 14.1 Å². The summed E-state index contributed by atoms with van der Waals surface area (Å²) in [7, 11) is -5.08. The van der Waals surface area contributed by atoms with Crippen molar-refractivity contribution in [2.45, 2.75) is 63.9 Å². The molecule has 1 aliphatic carbocycles. The molecule has 0 bridgehead atoms. The number of aryl methyl sites for hydroxylation is 1. The number of ether oxygens (including phenoxy) is 4. The SMILES string of the molecule is CCCCCOC(=O)COc1cc(N2C(=O)C3=C(CCCC3)C2=O)c(F)cc1Cl.COc1cc(OC)n2nc(S(=O)(=O)Nc3c(Cl)ccc(C)c3Cl)nc2n1.C[S+](C)C.O=C(O)CNCP(=O)([O-])O. The molecule has 4 aromatic rings. The molecule has 69 heavy (non-hydrogen) atoms. The Balaban J connectivity index is 0.000000288. The third kappa shape index (κ3) is 17.5. The molecule has 28 heteroatoms. The maximum Gasteiger partial charge on any atom is 0.344 e. The number of imide groups is 1. The number of amides is 2. The zero-order valence-corrected chi connectivity index (χ0v) is 43.3.